The minimum absolute atomic E-state index is 0.351. The first-order valence-electron chi connectivity index (χ1n) is 6.74. The van der Waals surface area contributed by atoms with Crippen molar-refractivity contribution in [2.75, 3.05) is 0 Å². The van der Waals surface area contributed by atoms with Gasteiger partial charge in [0.1, 0.15) is 18.1 Å². The molecule has 0 amide bonds. The lowest BCUT2D eigenvalue weighted by Crippen LogP contribution is -2.01. The summed E-state index contributed by atoms with van der Waals surface area (Å²) in [6, 6.07) is 11.9. The number of aldehydes is 1. The van der Waals surface area contributed by atoms with E-state index in [-0.39, 0.29) is 0 Å². The van der Waals surface area contributed by atoms with E-state index >= 15 is 0 Å². The van der Waals surface area contributed by atoms with E-state index in [2.05, 4.69) is 43.1 Å². The number of pyridine rings is 1. The Kier molecular flexibility index (Phi) is 4.51. The number of rotatable bonds is 5. The van der Waals surface area contributed by atoms with Crippen LogP contribution in [0, 0.1) is 6.92 Å². The summed E-state index contributed by atoms with van der Waals surface area (Å²) in [5.41, 5.74) is 3.54. The Morgan fingerprint density at radius 3 is 2.45 bits per heavy atom. The summed E-state index contributed by atoms with van der Waals surface area (Å²) in [6.07, 6.45) is 0.726. The lowest BCUT2D eigenvalue weighted by Gasteiger charge is -2.10. The number of hydrogen-bond acceptors (Lipinski definition) is 3. The van der Waals surface area contributed by atoms with Gasteiger partial charge in [0.25, 0.3) is 0 Å². The lowest BCUT2D eigenvalue weighted by atomic mass is 10.0. The van der Waals surface area contributed by atoms with Gasteiger partial charge in [-0.2, -0.15) is 0 Å². The maximum absolute atomic E-state index is 11.0. The van der Waals surface area contributed by atoms with E-state index in [1.807, 2.05) is 13.0 Å². The van der Waals surface area contributed by atoms with E-state index < -0.39 is 0 Å². The Morgan fingerprint density at radius 2 is 1.85 bits per heavy atom. The third-order valence-electron chi connectivity index (χ3n) is 3.18. The van der Waals surface area contributed by atoms with Crippen LogP contribution in [-0.2, 0) is 6.61 Å². The zero-order valence-electron chi connectivity index (χ0n) is 12.1. The molecule has 0 saturated carbocycles. The number of carbonyl (C=O) groups is 1. The number of benzene rings is 1. The van der Waals surface area contributed by atoms with E-state index in [9.17, 15) is 4.79 Å². The fourth-order valence-corrected chi connectivity index (χ4v) is 1.93. The van der Waals surface area contributed by atoms with Crippen LogP contribution in [0.25, 0.3) is 0 Å². The van der Waals surface area contributed by atoms with E-state index in [0.29, 0.717) is 24.0 Å². The quantitative estimate of drug-likeness (QED) is 0.773. The van der Waals surface area contributed by atoms with Gasteiger partial charge in [-0.1, -0.05) is 38.1 Å². The zero-order valence-corrected chi connectivity index (χ0v) is 12.1. The first-order chi connectivity index (χ1) is 9.60. The van der Waals surface area contributed by atoms with Gasteiger partial charge in [0, 0.05) is 5.69 Å². The molecule has 0 spiro atoms. The maximum Gasteiger partial charge on any atom is 0.172 e. The van der Waals surface area contributed by atoms with Crippen LogP contribution >= 0.6 is 0 Å². The molecule has 0 saturated heterocycles. The van der Waals surface area contributed by atoms with Crippen molar-refractivity contribution in [2.45, 2.75) is 33.3 Å². The fraction of sp³-hybridized carbons (Fsp3) is 0.294. The fourth-order valence-electron chi connectivity index (χ4n) is 1.93. The largest absolute Gasteiger partial charge is 0.487 e. The summed E-state index contributed by atoms with van der Waals surface area (Å²) in [5.74, 6) is 1.05. The van der Waals surface area contributed by atoms with Crippen LogP contribution in [-0.4, -0.2) is 11.3 Å². The average Bonchev–Trinajstić information content (AvgIpc) is 2.46. The van der Waals surface area contributed by atoms with E-state index in [1.165, 1.54) is 5.56 Å². The second kappa shape index (κ2) is 6.33. The normalized spacial score (nSPS) is 10.6. The standard InChI is InChI=1S/C17H19NO2/c1-12(2)15-7-5-14(6-8-15)11-20-17-9-4-13(3)18-16(17)10-19/h4-10,12H,11H2,1-3H3. The summed E-state index contributed by atoms with van der Waals surface area (Å²) in [6.45, 7) is 6.62. The summed E-state index contributed by atoms with van der Waals surface area (Å²) < 4.78 is 5.68. The first kappa shape index (κ1) is 14.3. The highest BCUT2D eigenvalue weighted by Crippen LogP contribution is 2.18. The van der Waals surface area contributed by atoms with Crippen molar-refractivity contribution in [3.05, 3.63) is 58.9 Å². The van der Waals surface area contributed by atoms with Gasteiger partial charge in [-0.25, -0.2) is 4.98 Å². The van der Waals surface area contributed by atoms with Crippen LogP contribution in [0.15, 0.2) is 36.4 Å². The Balaban J connectivity index is 2.07. The second-order valence-corrected chi connectivity index (χ2v) is 5.14. The molecule has 104 valence electrons. The van der Waals surface area contributed by atoms with Crippen LogP contribution in [0.5, 0.6) is 5.75 Å². The van der Waals surface area contributed by atoms with Gasteiger partial charge in [-0.15, -0.1) is 0 Å². The minimum atomic E-state index is 0.351. The molecule has 0 N–H and O–H groups in total. The van der Waals surface area contributed by atoms with Crippen LogP contribution in [0.3, 0.4) is 0 Å². The van der Waals surface area contributed by atoms with Crippen molar-refractivity contribution in [2.24, 2.45) is 0 Å². The predicted molar refractivity (Wildman–Crippen MR) is 79.2 cm³/mol. The van der Waals surface area contributed by atoms with Crippen LogP contribution < -0.4 is 4.74 Å². The smallest absolute Gasteiger partial charge is 0.172 e. The number of hydrogen-bond donors (Lipinski definition) is 0. The molecule has 1 aromatic heterocycles. The summed E-state index contributed by atoms with van der Waals surface area (Å²) in [5, 5.41) is 0. The highest BCUT2D eigenvalue weighted by Gasteiger charge is 2.05. The number of carbonyl (C=O) groups excluding carboxylic acids is 1. The molecule has 0 bridgehead atoms. The predicted octanol–water partition coefficient (Wildman–Crippen LogP) is 3.90. The Hall–Kier alpha value is -2.16. The number of nitrogens with zero attached hydrogens (tertiary/aromatic N) is 1. The summed E-state index contributed by atoms with van der Waals surface area (Å²) in [4.78, 5) is 15.1. The van der Waals surface area contributed by atoms with E-state index in [0.717, 1.165) is 17.5 Å². The van der Waals surface area contributed by atoms with Gasteiger partial charge in [0.15, 0.2) is 6.29 Å². The van der Waals surface area contributed by atoms with Crippen LogP contribution in [0.1, 0.15) is 47.1 Å². The molecule has 0 aliphatic heterocycles. The topological polar surface area (TPSA) is 39.2 Å². The number of aryl methyl sites for hydroxylation is 1. The SMILES string of the molecule is Cc1ccc(OCc2ccc(C(C)C)cc2)c(C=O)n1. The van der Waals surface area contributed by atoms with Gasteiger partial charge in [0.05, 0.1) is 0 Å². The Bertz CT molecular complexity index is 588. The van der Waals surface area contributed by atoms with Gasteiger partial charge < -0.3 is 4.74 Å². The first-order valence-corrected chi connectivity index (χ1v) is 6.74. The molecular formula is C17H19NO2. The highest BCUT2D eigenvalue weighted by molar-refractivity contribution is 5.76. The highest BCUT2D eigenvalue weighted by atomic mass is 16.5. The summed E-state index contributed by atoms with van der Waals surface area (Å²) >= 11 is 0. The lowest BCUT2D eigenvalue weighted by molar-refractivity contribution is 0.111. The molecule has 0 fully saturated rings. The third kappa shape index (κ3) is 3.44. The van der Waals surface area contributed by atoms with E-state index in [1.54, 1.807) is 6.07 Å². The van der Waals surface area contributed by atoms with Crippen molar-refractivity contribution < 1.29 is 9.53 Å². The third-order valence-corrected chi connectivity index (χ3v) is 3.18. The minimum Gasteiger partial charge on any atom is -0.487 e. The van der Waals surface area contributed by atoms with Crippen molar-refractivity contribution in [3.63, 3.8) is 0 Å². The van der Waals surface area contributed by atoms with Crippen molar-refractivity contribution in [1.29, 1.82) is 0 Å². The average molecular weight is 269 g/mol. The second-order valence-electron chi connectivity index (χ2n) is 5.14. The molecular weight excluding hydrogens is 250 g/mol. The molecule has 0 radical (unpaired) electrons. The van der Waals surface area contributed by atoms with Gasteiger partial charge in [0.2, 0.25) is 0 Å². The molecule has 0 aliphatic carbocycles. The molecule has 1 aromatic carbocycles. The van der Waals surface area contributed by atoms with Gasteiger partial charge in [-0.05, 0) is 36.1 Å². The van der Waals surface area contributed by atoms with Crippen molar-refractivity contribution in [3.8, 4) is 5.75 Å². The molecule has 0 unspecified atom stereocenters. The molecule has 2 rings (SSSR count). The molecule has 3 heteroatoms. The molecule has 2 aromatic rings. The Morgan fingerprint density at radius 1 is 1.15 bits per heavy atom. The van der Waals surface area contributed by atoms with Gasteiger partial charge >= 0.3 is 0 Å². The maximum atomic E-state index is 11.0. The monoisotopic (exact) mass is 269 g/mol. The molecule has 0 atom stereocenters. The van der Waals surface area contributed by atoms with Crippen LogP contribution in [0.4, 0.5) is 0 Å². The summed E-state index contributed by atoms with van der Waals surface area (Å²) in [7, 11) is 0. The molecule has 20 heavy (non-hydrogen) atoms. The van der Waals surface area contributed by atoms with Gasteiger partial charge in [-0.3, -0.25) is 4.79 Å². The Labute approximate surface area is 119 Å². The zero-order chi connectivity index (χ0) is 14.5. The molecule has 0 aliphatic rings. The van der Waals surface area contributed by atoms with Crippen molar-refractivity contribution in [1.82, 2.24) is 4.98 Å². The molecule has 3 nitrogen and oxygen atoms in total. The number of ether oxygens (including phenoxy) is 1. The van der Waals surface area contributed by atoms with Crippen LogP contribution in [0.2, 0.25) is 0 Å². The van der Waals surface area contributed by atoms with Crippen molar-refractivity contribution >= 4 is 6.29 Å². The van der Waals surface area contributed by atoms with E-state index in [4.69, 9.17) is 4.74 Å². The molecule has 1 heterocycles. The number of aromatic nitrogens is 1.